The standard InChI is InChI=1S/C13H20O5/c1-4-17-11(14)10(12(15)18-5-2)13(16)7-6-9(3)8-13/h8,10,16H,4-7H2,1-3H3. The summed E-state index contributed by atoms with van der Waals surface area (Å²) in [6.45, 7) is 5.48. The fraction of sp³-hybridized carbons (Fsp3) is 0.692. The molecule has 0 radical (unpaired) electrons. The van der Waals surface area contributed by atoms with Crippen molar-refractivity contribution in [3.8, 4) is 0 Å². The van der Waals surface area contributed by atoms with Gasteiger partial charge in [-0.1, -0.05) is 11.6 Å². The first-order valence-electron chi connectivity index (χ1n) is 6.18. The van der Waals surface area contributed by atoms with Crippen molar-refractivity contribution in [1.29, 1.82) is 0 Å². The summed E-state index contributed by atoms with van der Waals surface area (Å²) in [5.41, 5.74) is -0.529. The third-order valence-corrected chi connectivity index (χ3v) is 2.96. The van der Waals surface area contributed by atoms with Crippen molar-refractivity contribution in [3.63, 3.8) is 0 Å². The van der Waals surface area contributed by atoms with E-state index in [0.717, 1.165) is 5.57 Å². The molecule has 0 aliphatic heterocycles. The van der Waals surface area contributed by atoms with Crippen molar-refractivity contribution in [1.82, 2.24) is 0 Å². The molecular formula is C13H20O5. The second-order valence-corrected chi connectivity index (χ2v) is 4.42. The SMILES string of the molecule is CCOC(=O)C(C(=O)OCC)C1(O)C=C(C)CC1. The quantitative estimate of drug-likeness (QED) is 0.454. The molecule has 0 aromatic heterocycles. The average Bonchev–Trinajstić information content (AvgIpc) is 2.60. The lowest BCUT2D eigenvalue weighted by molar-refractivity contribution is -0.171. The maximum Gasteiger partial charge on any atom is 0.323 e. The lowest BCUT2D eigenvalue weighted by Gasteiger charge is -2.27. The van der Waals surface area contributed by atoms with Gasteiger partial charge < -0.3 is 14.6 Å². The maximum absolute atomic E-state index is 11.8. The molecular weight excluding hydrogens is 236 g/mol. The minimum absolute atomic E-state index is 0.160. The lowest BCUT2D eigenvalue weighted by Crippen LogP contribution is -2.46. The van der Waals surface area contributed by atoms with Crippen LogP contribution in [0.2, 0.25) is 0 Å². The number of carbonyl (C=O) groups excluding carboxylic acids is 2. The third kappa shape index (κ3) is 3.10. The molecule has 1 atom stereocenters. The fourth-order valence-corrected chi connectivity index (χ4v) is 2.15. The van der Waals surface area contributed by atoms with Gasteiger partial charge in [-0.25, -0.2) is 0 Å². The van der Waals surface area contributed by atoms with Crippen molar-refractivity contribution >= 4 is 11.9 Å². The maximum atomic E-state index is 11.8. The number of hydrogen-bond acceptors (Lipinski definition) is 5. The van der Waals surface area contributed by atoms with Crippen LogP contribution >= 0.6 is 0 Å². The number of ether oxygens (including phenoxy) is 2. The zero-order valence-electron chi connectivity index (χ0n) is 11.1. The van der Waals surface area contributed by atoms with E-state index < -0.39 is 23.5 Å². The summed E-state index contributed by atoms with van der Waals surface area (Å²) in [4.78, 5) is 23.7. The van der Waals surface area contributed by atoms with E-state index in [1.54, 1.807) is 19.9 Å². The van der Waals surface area contributed by atoms with Gasteiger partial charge in [0.1, 0.15) is 5.60 Å². The molecule has 1 N–H and O–H groups in total. The van der Waals surface area contributed by atoms with Crippen LogP contribution in [-0.4, -0.2) is 35.9 Å². The summed E-state index contributed by atoms with van der Waals surface area (Å²) in [5.74, 6) is -2.76. The van der Waals surface area contributed by atoms with Gasteiger partial charge in [-0.2, -0.15) is 0 Å². The molecule has 0 amide bonds. The number of esters is 2. The molecule has 102 valence electrons. The van der Waals surface area contributed by atoms with Crippen molar-refractivity contribution in [2.45, 2.75) is 39.2 Å². The molecule has 0 aromatic rings. The topological polar surface area (TPSA) is 72.8 Å². The predicted molar refractivity (Wildman–Crippen MR) is 64.7 cm³/mol. The van der Waals surface area contributed by atoms with Crippen molar-refractivity contribution in [3.05, 3.63) is 11.6 Å². The molecule has 1 aliphatic rings. The largest absolute Gasteiger partial charge is 0.465 e. The first kappa shape index (κ1) is 14.7. The van der Waals surface area contributed by atoms with Crippen LogP contribution in [0, 0.1) is 5.92 Å². The Hall–Kier alpha value is -1.36. The molecule has 0 bridgehead atoms. The molecule has 1 unspecified atom stereocenters. The average molecular weight is 256 g/mol. The highest BCUT2D eigenvalue weighted by atomic mass is 16.6. The Morgan fingerprint density at radius 2 is 1.83 bits per heavy atom. The highest BCUT2D eigenvalue weighted by molar-refractivity contribution is 5.97. The number of allylic oxidation sites excluding steroid dienone is 1. The monoisotopic (exact) mass is 256 g/mol. The van der Waals surface area contributed by atoms with E-state index in [4.69, 9.17) is 9.47 Å². The van der Waals surface area contributed by atoms with E-state index in [0.29, 0.717) is 12.8 Å². The summed E-state index contributed by atoms with van der Waals surface area (Å²) < 4.78 is 9.71. The van der Waals surface area contributed by atoms with Crippen LogP contribution in [-0.2, 0) is 19.1 Å². The molecule has 0 aromatic carbocycles. The van der Waals surface area contributed by atoms with E-state index in [2.05, 4.69) is 0 Å². The van der Waals surface area contributed by atoms with Gasteiger partial charge in [0.25, 0.3) is 0 Å². The number of hydrogen-bond donors (Lipinski definition) is 1. The van der Waals surface area contributed by atoms with Crippen LogP contribution in [0.25, 0.3) is 0 Å². The van der Waals surface area contributed by atoms with E-state index in [1.807, 2.05) is 6.92 Å². The minimum Gasteiger partial charge on any atom is -0.465 e. The number of carbonyl (C=O) groups is 2. The third-order valence-electron chi connectivity index (χ3n) is 2.96. The van der Waals surface area contributed by atoms with Crippen LogP contribution < -0.4 is 0 Å². The Bertz CT molecular complexity index is 342. The van der Waals surface area contributed by atoms with Crippen molar-refractivity contribution in [2.75, 3.05) is 13.2 Å². The van der Waals surface area contributed by atoms with Crippen LogP contribution in [0.5, 0.6) is 0 Å². The van der Waals surface area contributed by atoms with Gasteiger partial charge in [-0.15, -0.1) is 0 Å². The molecule has 18 heavy (non-hydrogen) atoms. The molecule has 5 nitrogen and oxygen atoms in total. The van der Waals surface area contributed by atoms with E-state index in [1.165, 1.54) is 0 Å². The van der Waals surface area contributed by atoms with Gasteiger partial charge in [0, 0.05) is 0 Å². The fourth-order valence-electron chi connectivity index (χ4n) is 2.15. The first-order valence-corrected chi connectivity index (χ1v) is 6.18. The zero-order valence-corrected chi connectivity index (χ0v) is 11.1. The Balaban J connectivity index is 2.97. The zero-order chi connectivity index (χ0) is 13.8. The molecule has 0 saturated heterocycles. The molecule has 0 fully saturated rings. The van der Waals surface area contributed by atoms with Gasteiger partial charge in [-0.05, 0) is 33.6 Å². The molecule has 5 heteroatoms. The normalized spacial score (nSPS) is 22.8. The van der Waals surface area contributed by atoms with Crippen LogP contribution in [0.15, 0.2) is 11.6 Å². The van der Waals surface area contributed by atoms with Gasteiger partial charge >= 0.3 is 11.9 Å². The van der Waals surface area contributed by atoms with Crippen LogP contribution in [0.1, 0.15) is 33.6 Å². The summed E-state index contributed by atoms with van der Waals surface area (Å²) >= 11 is 0. The van der Waals surface area contributed by atoms with Crippen molar-refractivity contribution in [2.24, 2.45) is 5.92 Å². The van der Waals surface area contributed by atoms with Gasteiger partial charge in [-0.3, -0.25) is 9.59 Å². The second-order valence-electron chi connectivity index (χ2n) is 4.42. The van der Waals surface area contributed by atoms with E-state index in [-0.39, 0.29) is 13.2 Å². The first-order chi connectivity index (χ1) is 8.44. The van der Waals surface area contributed by atoms with E-state index in [9.17, 15) is 14.7 Å². The minimum atomic E-state index is -1.48. The molecule has 1 rings (SSSR count). The molecule has 0 spiro atoms. The summed E-state index contributed by atoms with van der Waals surface area (Å²) in [6, 6.07) is 0. The highest BCUT2D eigenvalue weighted by Crippen LogP contribution is 2.35. The predicted octanol–water partition coefficient (Wildman–Crippen LogP) is 1.20. The van der Waals surface area contributed by atoms with E-state index >= 15 is 0 Å². The number of rotatable bonds is 5. The lowest BCUT2D eigenvalue weighted by atomic mass is 9.87. The van der Waals surface area contributed by atoms with Gasteiger partial charge in [0.2, 0.25) is 0 Å². The Labute approximate surface area is 107 Å². The van der Waals surface area contributed by atoms with Gasteiger partial charge in [0.05, 0.1) is 13.2 Å². The van der Waals surface area contributed by atoms with Crippen LogP contribution in [0.3, 0.4) is 0 Å². The Morgan fingerprint density at radius 1 is 1.33 bits per heavy atom. The second kappa shape index (κ2) is 6.00. The summed E-state index contributed by atoms with van der Waals surface area (Å²) in [5, 5.41) is 10.4. The molecule has 1 aliphatic carbocycles. The smallest absolute Gasteiger partial charge is 0.323 e. The Kier molecular flexibility index (Phi) is 4.90. The van der Waals surface area contributed by atoms with Crippen LogP contribution in [0.4, 0.5) is 0 Å². The Morgan fingerprint density at radius 3 is 2.17 bits per heavy atom. The molecule has 0 heterocycles. The molecule has 0 saturated carbocycles. The highest BCUT2D eigenvalue weighted by Gasteiger charge is 2.48. The van der Waals surface area contributed by atoms with Gasteiger partial charge in [0.15, 0.2) is 5.92 Å². The summed E-state index contributed by atoms with van der Waals surface area (Å²) in [7, 11) is 0. The summed E-state index contributed by atoms with van der Waals surface area (Å²) in [6.07, 6.45) is 2.55. The number of aliphatic hydroxyl groups is 1. The van der Waals surface area contributed by atoms with Crippen molar-refractivity contribution < 1.29 is 24.2 Å².